The van der Waals surface area contributed by atoms with Crippen molar-refractivity contribution in [3.8, 4) is 0 Å². The van der Waals surface area contributed by atoms with E-state index in [9.17, 15) is 8.42 Å². The first-order valence-corrected chi connectivity index (χ1v) is 9.11. The van der Waals surface area contributed by atoms with Gasteiger partial charge in [-0.2, -0.15) is 15.0 Å². The first-order chi connectivity index (χ1) is 11.8. The fraction of sp³-hybridized carbons (Fsp3) is 0.357. The summed E-state index contributed by atoms with van der Waals surface area (Å²) in [4.78, 5) is 12.3. The molecule has 1 aromatic carbocycles. The quantitative estimate of drug-likeness (QED) is 0.426. The van der Waals surface area contributed by atoms with Crippen molar-refractivity contribution in [2.75, 3.05) is 22.7 Å². The van der Waals surface area contributed by atoms with E-state index in [1.165, 1.54) is 12.1 Å². The van der Waals surface area contributed by atoms with Crippen LogP contribution in [0.15, 0.2) is 29.2 Å². The number of anilines is 3. The maximum Gasteiger partial charge on any atom is 0.253 e. The van der Waals surface area contributed by atoms with Crippen molar-refractivity contribution in [2.45, 2.75) is 31.2 Å². The van der Waals surface area contributed by atoms with Crippen molar-refractivity contribution < 1.29 is 13.6 Å². The molecule has 25 heavy (non-hydrogen) atoms. The highest BCUT2D eigenvalue weighted by atomic mass is 32.2. The van der Waals surface area contributed by atoms with Crippen LogP contribution >= 0.6 is 0 Å². The van der Waals surface area contributed by atoms with Gasteiger partial charge in [0.25, 0.3) is 5.95 Å². The van der Waals surface area contributed by atoms with Crippen molar-refractivity contribution in [3.63, 3.8) is 0 Å². The number of primary sulfonamides is 1. The summed E-state index contributed by atoms with van der Waals surface area (Å²) in [5.41, 5.74) is 2.82. The Bertz CT molecular complexity index is 810. The maximum absolute atomic E-state index is 11.2. The molecule has 0 fully saturated rings. The van der Waals surface area contributed by atoms with Crippen LogP contribution < -0.4 is 21.3 Å². The van der Waals surface area contributed by atoms with E-state index < -0.39 is 10.0 Å². The summed E-state index contributed by atoms with van der Waals surface area (Å²) >= 11 is 0. The molecular formula is C14H21N7O3S. The maximum atomic E-state index is 11.2. The van der Waals surface area contributed by atoms with Gasteiger partial charge in [-0.3, -0.25) is 5.21 Å². The Kier molecular flexibility index (Phi) is 6.07. The van der Waals surface area contributed by atoms with Crippen molar-refractivity contribution in [2.24, 2.45) is 5.14 Å². The second kappa shape index (κ2) is 8.05. The zero-order valence-corrected chi connectivity index (χ0v) is 14.7. The minimum atomic E-state index is -3.69. The van der Waals surface area contributed by atoms with Gasteiger partial charge in [0.2, 0.25) is 21.9 Å². The van der Waals surface area contributed by atoms with Crippen LogP contribution in [0.1, 0.15) is 19.4 Å². The molecule has 10 nitrogen and oxygen atoms in total. The standard InChI is InChI=1S/C14H21N7O3S/c1-9(2)17-13-18-12(19-14(20-13)21-22)16-8-7-10-3-5-11(6-4-10)25(15,23)24/h3-6,9,22H,7-8H2,1-2H3,(H2,15,23,24)(H3,16,17,18,19,20,21). The third kappa shape index (κ3) is 5.81. The second-order valence-corrected chi connectivity index (χ2v) is 7.14. The second-order valence-electron chi connectivity index (χ2n) is 5.58. The summed E-state index contributed by atoms with van der Waals surface area (Å²) in [7, 11) is -3.69. The molecule has 0 saturated carbocycles. The fourth-order valence-corrected chi connectivity index (χ4v) is 2.51. The van der Waals surface area contributed by atoms with Crippen LogP contribution in [0, 0.1) is 0 Å². The lowest BCUT2D eigenvalue weighted by Crippen LogP contribution is -2.16. The Morgan fingerprint density at radius 2 is 1.68 bits per heavy atom. The fourth-order valence-electron chi connectivity index (χ4n) is 1.99. The molecule has 6 N–H and O–H groups in total. The number of sulfonamides is 1. The summed E-state index contributed by atoms with van der Waals surface area (Å²) in [5, 5.41) is 20.1. The molecule has 136 valence electrons. The van der Waals surface area contributed by atoms with Gasteiger partial charge in [0, 0.05) is 12.6 Å². The van der Waals surface area contributed by atoms with E-state index in [2.05, 4.69) is 25.6 Å². The molecule has 0 aliphatic carbocycles. The molecule has 2 aromatic rings. The lowest BCUT2D eigenvalue weighted by Gasteiger charge is -2.11. The van der Waals surface area contributed by atoms with Gasteiger partial charge in [0.15, 0.2) is 0 Å². The van der Waals surface area contributed by atoms with Gasteiger partial charge >= 0.3 is 0 Å². The van der Waals surface area contributed by atoms with E-state index in [0.717, 1.165) is 5.56 Å². The largest absolute Gasteiger partial charge is 0.354 e. The molecule has 2 rings (SSSR count). The van der Waals surface area contributed by atoms with Crippen LogP contribution in [-0.2, 0) is 16.4 Å². The Labute approximate surface area is 145 Å². The zero-order valence-electron chi connectivity index (χ0n) is 13.9. The molecule has 11 heteroatoms. The zero-order chi connectivity index (χ0) is 18.4. The first-order valence-electron chi connectivity index (χ1n) is 7.56. The number of nitrogens with zero attached hydrogens (tertiary/aromatic N) is 3. The number of hydrogen-bond donors (Lipinski definition) is 5. The Morgan fingerprint density at radius 3 is 2.24 bits per heavy atom. The Morgan fingerprint density at radius 1 is 1.08 bits per heavy atom. The number of aromatic nitrogens is 3. The van der Waals surface area contributed by atoms with Crippen molar-refractivity contribution >= 4 is 27.9 Å². The predicted octanol–water partition coefficient (Wildman–Crippen LogP) is 0.795. The minimum Gasteiger partial charge on any atom is -0.354 e. The van der Waals surface area contributed by atoms with Crippen LogP contribution in [0.5, 0.6) is 0 Å². The average molecular weight is 367 g/mol. The van der Waals surface area contributed by atoms with E-state index in [0.29, 0.717) is 24.9 Å². The molecule has 0 spiro atoms. The Hall–Kier alpha value is -2.50. The molecule has 0 aliphatic rings. The molecule has 0 radical (unpaired) electrons. The SMILES string of the molecule is CC(C)Nc1nc(NO)nc(NCCc2ccc(S(N)(=O)=O)cc2)n1. The average Bonchev–Trinajstić information content (AvgIpc) is 2.53. The minimum absolute atomic E-state index is 0.0261. The highest BCUT2D eigenvalue weighted by molar-refractivity contribution is 7.89. The molecule has 1 aromatic heterocycles. The molecule has 0 bridgehead atoms. The van der Waals surface area contributed by atoms with Crippen molar-refractivity contribution in [3.05, 3.63) is 29.8 Å². The number of rotatable bonds is 8. The van der Waals surface area contributed by atoms with E-state index in [1.54, 1.807) is 12.1 Å². The van der Waals surface area contributed by atoms with Crippen molar-refractivity contribution in [1.29, 1.82) is 0 Å². The summed E-state index contributed by atoms with van der Waals surface area (Å²) in [6, 6.07) is 6.44. The van der Waals surface area contributed by atoms with Gasteiger partial charge in [-0.15, -0.1) is 0 Å². The lowest BCUT2D eigenvalue weighted by molar-refractivity contribution is 0.382. The van der Waals surface area contributed by atoms with Gasteiger partial charge < -0.3 is 10.6 Å². The van der Waals surface area contributed by atoms with Gasteiger partial charge in [-0.1, -0.05) is 12.1 Å². The summed E-state index contributed by atoms with van der Waals surface area (Å²) in [6.07, 6.45) is 0.616. The van der Waals surface area contributed by atoms with Crippen LogP contribution in [-0.4, -0.2) is 41.2 Å². The molecular weight excluding hydrogens is 346 g/mol. The topological polar surface area (TPSA) is 155 Å². The van der Waals surface area contributed by atoms with E-state index in [-0.39, 0.29) is 16.9 Å². The van der Waals surface area contributed by atoms with E-state index >= 15 is 0 Å². The lowest BCUT2D eigenvalue weighted by atomic mass is 10.1. The number of nitrogens with one attached hydrogen (secondary N) is 3. The third-order valence-electron chi connectivity index (χ3n) is 3.10. The van der Waals surface area contributed by atoms with E-state index in [1.807, 2.05) is 19.3 Å². The number of hydrogen-bond acceptors (Lipinski definition) is 9. The number of benzene rings is 1. The van der Waals surface area contributed by atoms with Crippen LogP contribution in [0.3, 0.4) is 0 Å². The first kappa shape index (κ1) is 18.8. The Balaban J connectivity index is 1.99. The summed E-state index contributed by atoms with van der Waals surface area (Å²) in [6.45, 7) is 4.38. The highest BCUT2D eigenvalue weighted by Gasteiger charge is 2.08. The van der Waals surface area contributed by atoms with Crippen LogP contribution in [0.25, 0.3) is 0 Å². The van der Waals surface area contributed by atoms with Crippen molar-refractivity contribution in [1.82, 2.24) is 15.0 Å². The highest BCUT2D eigenvalue weighted by Crippen LogP contribution is 2.11. The molecule has 1 heterocycles. The summed E-state index contributed by atoms with van der Waals surface area (Å²) < 4.78 is 22.4. The predicted molar refractivity (Wildman–Crippen MR) is 94.0 cm³/mol. The van der Waals surface area contributed by atoms with Gasteiger partial charge in [-0.25, -0.2) is 19.0 Å². The molecule has 0 unspecified atom stereocenters. The van der Waals surface area contributed by atoms with Gasteiger partial charge in [0.05, 0.1) is 4.90 Å². The number of nitrogens with two attached hydrogens (primary N) is 1. The molecule has 0 atom stereocenters. The molecule has 0 amide bonds. The van der Waals surface area contributed by atoms with Gasteiger partial charge in [0.1, 0.15) is 0 Å². The normalized spacial score (nSPS) is 11.4. The summed E-state index contributed by atoms with van der Waals surface area (Å²) in [5.74, 6) is 0.663. The smallest absolute Gasteiger partial charge is 0.253 e. The van der Waals surface area contributed by atoms with Gasteiger partial charge in [-0.05, 0) is 38.0 Å². The van der Waals surface area contributed by atoms with Crippen LogP contribution in [0.4, 0.5) is 17.8 Å². The van der Waals surface area contributed by atoms with E-state index in [4.69, 9.17) is 10.3 Å². The third-order valence-corrected chi connectivity index (χ3v) is 4.03. The monoisotopic (exact) mass is 367 g/mol. The molecule has 0 aliphatic heterocycles. The molecule has 0 saturated heterocycles. The van der Waals surface area contributed by atoms with Crippen LogP contribution in [0.2, 0.25) is 0 Å².